The molecule has 0 radical (unpaired) electrons. The average Bonchev–Trinajstić information content (AvgIpc) is 3.19. The van der Waals surface area contributed by atoms with Crippen LogP contribution in [0.5, 0.6) is 17.2 Å². The standard InChI is InChI=1S/C29H36O3Si/c1-20-15-26(32-33(6,7)29(3,4)5)16-21(2)28(20)24-10-8-9-22(17-24)19-31-25-12-11-23-13-14-30-27(23)18-25/h8-12,15-18H,13-14,19H2,1-7H3. The van der Waals surface area contributed by atoms with Crippen molar-refractivity contribution in [2.24, 2.45) is 0 Å². The molecule has 0 unspecified atom stereocenters. The van der Waals surface area contributed by atoms with E-state index in [0.29, 0.717) is 6.61 Å². The monoisotopic (exact) mass is 460 g/mol. The molecular weight excluding hydrogens is 424 g/mol. The van der Waals surface area contributed by atoms with E-state index in [0.717, 1.165) is 35.8 Å². The third-order valence-corrected chi connectivity index (χ3v) is 11.3. The molecule has 4 rings (SSSR count). The number of ether oxygens (including phenoxy) is 2. The van der Waals surface area contributed by atoms with Crippen LogP contribution in [0.15, 0.2) is 54.6 Å². The van der Waals surface area contributed by atoms with Gasteiger partial charge in [0.15, 0.2) is 0 Å². The first kappa shape index (κ1) is 23.4. The van der Waals surface area contributed by atoms with E-state index >= 15 is 0 Å². The molecule has 0 aliphatic carbocycles. The van der Waals surface area contributed by atoms with Gasteiger partial charge in [-0.2, -0.15) is 0 Å². The van der Waals surface area contributed by atoms with E-state index in [1.54, 1.807) is 0 Å². The summed E-state index contributed by atoms with van der Waals surface area (Å²) in [7, 11) is -1.87. The van der Waals surface area contributed by atoms with Crippen LogP contribution in [0.1, 0.15) is 43.0 Å². The second kappa shape index (κ2) is 8.90. The number of aryl methyl sites for hydroxylation is 2. The van der Waals surface area contributed by atoms with Crippen molar-refractivity contribution < 1.29 is 13.9 Å². The highest BCUT2D eigenvalue weighted by atomic mass is 28.4. The summed E-state index contributed by atoms with van der Waals surface area (Å²) in [5.41, 5.74) is 7.35. The van der Waals surface area contributed by atoms with E-state index in [2.05, 4.69) is 90.2 Å². The number of benzene rings is 3. The highest BCUT2D eigenvalue weighted by Crippen LogP contribution is 2.39. The number of hydrogen-bond donors (Lipinski definition) is 0. The molecule has 0 saturated heterocycles. The van der Waals surface area contributed by atoms with Gasteiger partial charge in [-0.1, -0.05) is 45.0 Å². The Bertz CT molecular complexity index is 1130. The Morgan fingerprint density at radius 3 is 2.33 bits per heavy atom. The zero-order valence-corrected chi connectivity index (χ0v) is 22.0. The van der Waals surface area contributed by atoms with Crippen molar-refractivity contribution >= 4 is 8.32 Å². The van der Waals surface area contributed by atoms with Gasteiger partial charge in [-0.3, -0.25) is 0 Å². The SMILES string of the molecule is Cc1cc(O[Si](C)(C)C(C)(C)C)cc(C)c1-c1cccc(COc2ccc3c(c2)OCC3)c1. The summed E-state index contributed by atoms with van der Waals surface area (Å²) in [6.45, 7) is 17.0. The summed E-state index contributed by atoms with van der Waals surface area (Å²) in [4.78, 5) is 0. The van der Waals surface area contributed by atoms with Crippen LogP contribution in [-0.2, 0) is 13.0 Å². The van der Waals surface area contributed by atoms with Crippen LogP contribution in [0, 0.1) is 13.8 Å². The fourth-order valence-electron chi connectivity index (χ4n) is 4.11. The second-order valence-corrected chi connectivity index (χ2v) is 15.4. The van der Waals surface area contributed by atoms with Crippen molar-refractivity contribution in [2.45, 2.75) is 65.8 Å². The van der Waals surface area contributed by atoms with Gasteiger partial charge in [0.2, 0.25) is 8.32 Å². The van der Waals surface area contributed by atoms with E-state index in [1.165, 1.54) is 27.8 Å². The molecule has 4 heteroatoms. The van der Waals surface area contributed by atoms with Crippen molar-refractivity contribution in [3.05, 3.63) is 76.9 Å². The minimum atomic E-state index is -1.87. The van der Waals surface area contributed by atoms with Crippen molar-refractivity contribution in [2.75, 3.05) is 6.61 Å². The van der Waals surface area contributed by atoms with Gasteiger partial charge in [-0.15, -0.1) is 0 Å². The molecule has 0 fully saturated rings. The maximum atomic E-state index is 6.57. The molecule has 1 aliphatic rings. The predicted octanol–water partition coefficient (Wildman–Crippen LogP) is 7.87. The first-order valence-corrected chi connectivity index (χ1v) is 14.7. The van der Waals surface area contributed by atoms with Crippen LogP contribution in [0.25, 0.3) is 11.1 Å². The quantitative estimate of drug-likeness (QED) is 0.350. The van der Waals surface area contributed by atoms with E-state index < -0.39 is 8.32 Å². The molecule has 1 aliphatic heterocycles. The Morgan fingerprint density at radius 2 is 1.64 bits per heavy atom. The fourth-order valence-corrected chi connectivity index (χ4v) is 5.12. The summed E-state index contributed by atoms with van der Waals surface area (Å²) in [6, 6.07) is 19.2. The van der Waals surface area contributed by atoms with Gasteiger partial charge < -0.3 is 13.9 Å². The highest BCUT2D eigenvalue weighted by Gasteiger charge is 2.39. The average molecular weight is 461 g/mol. The second-order valence-electron chi connectivity index (χ2n) is 10.7. The minimum Gasteiger partial charge on any atom is -0.543 e. The summed E-state index contributed by atoms with van der Waals surface area (Å²) < 4.78 is 18.3. The molecule has 0 aromatic heterocycles. The Morgan fingerprint density at radius 1 is 0.909 bits per heavy atom. The molecule has 0 atom stereocenters. The molecule has 0 N–H and O–H groups in total. The predicted molar refractivity (Wildman–Crippen MR) is 139 cm³/mol. The maximum Gasteiger partial charge on any atom is 0.250 e. The van der Waals surface area contributed by atoms with E-state index in [1.807, 2.05) is 12.1 Å². The molecule has 33 heavy (non-hydrogen) atoms. The molecule has 0 saturated carbocycles. The van der Waals surface area contributed by atoms with E-state index in [-0.39, 0.29) is 5.04 Å². The van der Waals surface area contributed by atoms with Gasteiger partial charge in [-0.05, 0) is 89.6 Å². The lowest BCUT2D eigenvalue weighted by Crippen LogP contribution is -2.43. The summed E-state index contributed by atoms with van der Waals surface area (Å²) in [5.74, 6) is 2.78. The Hall–Kier alpha value is -2.72. The Labute approximate surface area is 199 Å². The maximum absolute atomic E-state index is 6.57. The highest BCUT2D eigenvalue weighted by molar-refractivity contribution is 6.74. The summed E-state index contributed by atoms with van der Waals surface area (Å²) in [5, 5.41) is 0.173. The molecule has 3 nitrogen and oxygen atoms in total. The number of rotatable bonds is 6. The van der Waals surface area contributed by atoms with Crippen LogP contribution >= 0.6 is 0 Å². The van der Waals surface area contributed by atoms with Crippen LogP contribution < -0.4 is 13.9 Å². The zero-order chi connectivity index (χ0) is 23.8. The van der Waals surface area contributed by atoms with Crippen molar-refractivity contribution in [3.8, 4) is 28.4 Å². The number of fused-ring (bicyclic) bond motifs is 1. The van der Waals surface area contributed by atoms with Gasteiger partial charge in [0.25, 0.3) is 0 Å². The minimum absolute atomic E-state index is 0.173. The summed E-state index contributed by atoms with van der Waals surface area (Å²) in [6.07, 6.45) is 0.982. The molecule has 174 valence electrons. The summed E-state index contributed by atoms with van der Waals surface area (Å²) >= 11 is 0. The number of hydrogen-bond acceptors (Lipinski definition) is 3. The zero-order valence-electron chi connectivity index (χ0n) is 21.0. The van der Waals surface area contributed by atoms with Crippen molar-refractivity contribution in [3.63, 3.8) is 0 Å². The molecule has 0 bridgehead atoms. The first-order valence-electron chi connectivity index (χ1n) is 11.8. The van der Waals surface area contributed by atoms with Crippen LogP contribution in [0.2, 0.25) is 18.1 Å². The van der Waals surface area contributed by atoms with Crippen LogP contribution in [0.3, 0.4) is 0 Å². The van der Waals surface area contributed by atoms with Gasteiger partial charge in [0, 0.05) is 12.5 Å². The molecular formula is C29H36O3Si. The Balaban J connectivity index is 1.53. The van der Waals surface area contributed by atoms with E-state index in [9.17, 15) is 0 Å². The van der Waals surface area contributed by atoms with Crippen molar-refractivity contribution in [1.29, 1.82) is 0 Å². The van der Waals surface area contributed by atoms with Crippen LogP contribution in [-0.4, -0.2) is 14.9 Å². The van der Waals surface area contributed by atoms with Gasteiger partial charge in [0.1, 0.15) is 23.9 Å². The Kier molecular flexibility index (Phi) is 6.32. The molecule has 3 aromatic rings. The lowest BCUT2D eigenvalue weighted by Gasteiger charge is -2.36. The largest absolute Gasteiger partial charge is 0.543 e. The van der Waals surface area contributed by atoms with Crippen LogP contribution in [0.4, 0.5) is 0 Å². The smallest absolute Gasteiger partial charge is 0.250 e. The van der Waals surface area contributed by atoms with Gasteiger partial charge in [-0.25, -0.2) is 0 Å². The van der Waals surface area contributed by atoms with Gasteiger partial charge in [0.05, 0.1) is 6.61 Å². The third-order valence-electron chi connectivity index (χ3n) is 6.97. The molecule has 1 heterocycles. The lowest BCUT2D eigenvalue weighted by molar-refractivity contribution is 0.302. The molecule has 0 spiro atoms. The third kappa shape index (κ3) is 5.11. The fraction of sp³-hybridized carbons (Fsp3) is 0.379. The first-order chi connectivity index (χ1) is 15.5. The lowest BCUT2D eigenvalue weighted by atomic mass is 9.94. The molecule has 0 amide bonds. The van der Waals surface area contributed by atoms with E-state index in [4.69, 9.17) is 13.9 Å². The van der Waals surface area contributed by atoms with Gasteiger partial charge >= 0.3 is 0 Å². The normalized spacial score (nSPS) is 13.4. The van der Waals surface area contributed by atoms with Crippen molar-refractivity contribution in [1.82, 2.24) is 0 Å². The molecule has 3 aromatic carbocycles. The topological polar surface area (TPSA) is 27.7 Å².